The smallest absolute Gasteiger partial charge is 0.225 e. The molecule has 0 bridgehead atoms. The van der Waals surface area contributed by atoms with E-state index in [0.29, 0.717) is 18.3 Å². The summed E-state index contributed by atoms with van der Waals surface area (Å²) in [5.74, 6) is 2.26. The number of furan rings is 1. The maximum Gasteiger partial charge on any atom is 0.225 e. The molecule has 0 spiro atoms. The minimum absolute atomic E-state index is 0.0530. The van der Waals surface area contributed by atoms with Crippen LogP contribution in [0, 0.1) is 0 Å². The summed E-state index contributed by atoms with van der Waals surface area (Å²) < 4.78 is 5.48. The molecule has 0 saturated carbocycles. The number of anilines is 1. The number of nitrogens with one attached hydrogen (secondary N) is 1. The van der Waals surface area contributed by atoms with E-state index in [9.17, 15) is 0 Å². The second kappa shape index (κ2) is 6.69. The summed E-state index contributed by atoms with van der Waals surface area (Å²) in [7, 11) is 0. The Hall–Kier alpha value is -1.92. The van der Waals surface area contributed by atoms with Gasteiger partial charge in [0.25, 0.3) is 0 Å². The van der Waals surface area contributed by atoms with Gasteiger partial charge in [-0.2, -0.15) is 0 Å². The van der Waals surface area contributed by atoms with E-state index in [1.54, 1.807) is 12.4 Å². The molecule has 0 amide bonds. The highest BCUT2D eigenvalue weighted by Gasteiger charge is 2.21. The molecule has 2 N–H and O–H groups in total. The Morgan fingerprint density at radius 1 is 1.29 bits per heavy atom. The number of hydrogen-bond acceptors (Lipinski definition) is 6. The SMILES string of the molecule is OCc1ccc(CNC2CCCN(c3ncccn3)C2)o1. The molecule has 0 radical (unpaired) electrons. The predicted molar refractivity (Wildman–Crippen MR) is 78.7 cm³/mol. The molecule has 112 valence electrons. The third-order valence-corrected chi connectivity index (χ3v) is 3.69. The molecule has 2 aromatic heterocycles. The zero-order valence-electron chi connectivity index (χ0n) is 11.9. The standard InChI is InChI=1S/C15H20N4O2/c20-11-14-5-4-13(21-14)9-18-12-3-1-8-19(10-12)15-16-6-2-7-17-15/h2,4-7,12,18,20H,1,3,8-11H2. The molecule has 1 unspecified atom stereocenters. The fourth-order valence-electron chi connectivity index (χ4n) is 2.63. The zero-order chi connectivity index (χ0) is 14.5. The van der Waals surface area contributed by atoms with Crippen molar-refractivity contribution < 1.29 is 9.52 Å². The van der Waals surface area contributed by atoms with Gasteiger partial charge in [-0.25, -0.2) is 9.97 Å². The number of aromatic nitrogens is 2. The van der Waals surface area contributed by atoms with Crippen LogP contribution in [0.5, 0.6) is 0 Å². The summed E-state index contributed by atoms with van der Waals surface area (Å²) >= 11 is 0. The monoisotopic (exact) mass is 288 g/mol. The summed E-state index contributed by atoms with van der Waals surface area (Å²) in [5.41, 5.74) is 0. The van der Waals surface area contributed by atoms with Crippen LogP contribution in [0.15, 0.2) is 35.0 Å². The van der Waals surface area contributed by atoms with Gasteiger partial charge in [-0.1, -0.05) is 0 Å². The quantitative estimate of drug-likeness (QED) is 0.864. The lowest BCUT2D eigenvalue weighted by Gasteiger charge is -2.33. The van der Waals surface area contributed by atoms with Crippen molar-refractivity contribution >= 4 is 5.95 Å². The molecule has 2 aromatic rings. The first-order valence-corrected chi connectivity index (χ1v) is 7.29. The Bertz CT molecular complexity index is 558. The largest absolute Gasteiger partial charge is 0.462 e. The van der Waals surface area contributed by atoms with Crippen molar-refractivity contribution in [2.75, 3.05) is 18.0 Å². The maximum absolute atomic E-state index is 8.99. The molecule has 1 aliphatic heterocycles. The molecule has 3 heterocycles. The molecule has 3 rings (SSSR count). The lowest BCUT2D eigenvalue weighted by atomic mass is 10.1. The van der Waals surface area contributed by atoms with Crippen LogP contribution in [-0.4, -0.2) is 34.2 Å². The van der Waals surface area contributed by atoms with Gasteiger partial charge in [0.05, 0.1) is 6.54 Å². The number of nitrogens with zero attached hydrogens (tertiary/aromatic N) is 3. The number of piperidine rings is 1. The lowest BCUT2D eigenvalue weighted by molar-refractivity contribution is 0.242. The Balaban J connectivity index is 1.54. The highest BCUT2D eigenvalue weighted by Crippen LogP contribution is 2.16. The Kier molecular flexibility index (Phi) is 4.47. The van der Waals surface area contributed by atoms with E-state index in [1.807, 2.05) is 18.2 Å². The molecule has 1 saturated heterocycles. The van der Waals surface area contributed by atoms with Gasteiger partial charge in [-0.05, 0) is 31.0 Å². The summed E-state index contributed by atoms with van der Waals surface area (Å²) in [6.07, 6.45) is 5.81. The van der Waals surface area contributed by atoms with Gasteiger partial charge < -0.3 is 19.7 Å². The average molecular weight is 288 g/mol. The van der Waals surface area contributed by atoms with Crippen LogP contribution in [-0.2, 0) is 13.2 Å². The summed E-state index contributed by atoms with van der Waals surface area (Å²) in [4.78, 5) is 10.8. The highest BCUT2D eigenvalue weighted by atomic mass is 16.4. The Labute approximate surface area is 123 Å². The second-order valence-corrected chi connectivity index (χ2v) is 5.24. The molecule has 0 aliphatic carbocycles. The second-order valence-electron chi connectivity index (χ2n) is 5.24. The van der Waals surface area contributed by atoms with Gasteiger partial charge in [0.15, 0.2) is 0 Å². The normalized spacial score (nSPS) is 18.9. The van der Waals surface area contributed by atoms with Crippen molar-refractivity contribution in [2.45, 2.75) is 32.0 Å². The first-order chi connectivity index (χ1) is 10.3. The van der Waals surface area contributed by atoms with E-state index in [1.165, 1.54) is 0 Å². The van der Waals surface area contributed by atoms with Crippen molar-refractivity contribution in [3.63, 3.8) is 0 Å². The maximum atomic E-state index is 8.99. The van der Waals surface area contributed by atoms with E-state index in [-0.39, 0.29) is 6.61 Å². The molecule has 0 aromatic carbocycles. The van der Waals surface area contributed by atoms with Crippen LogP contribution >= 0.6 is 0 Å². The van der Waals surface area contributed by atoms with E-state index < -0.39 is 0 Å². The van der Waals surface area contributed by atoms with Crippen molar-refractivity contribution in [3.8, 4) is 0 Å². The first-order valence-electron chi connectivity index (χ1n) is 7.29. The Morgan fingerprint density at radius 2 is 2.10 bits per heavy atom. The van der Waals surface area contributed by atoms with Crippen molar-refractivity contribution in [3.05, 3.63) is 42.1 Å². The van der Waals surface area contributed by atoms with Gasteiger partial charge in [0.1, 0.15) is 18.1 Å². The van der Waals surface area contributed by atoms with E-state index in [0.717, 1.165) is 37.6 Å². The highest BCUT2D eigenvalue weighted by molar-refractivity contribution is 5.29. The minimum Gasteiger partial charge on any atom is -0.462 e. The van der Waals surface area contributed by atoms with Gasteiger partial charge in [-0.3, -0.25) is 0 Å². The fourth-order valence-corrected chi connectivity index (χ4v) is 2.63. The van der Waals surface area contributed by atoms with Crippen molar-refractivity contribution in [1.82, 2.24) is 15.3 Å². The number of rotatable bonds is 5. The van der Waals surface area contributed by atoms with Crippen LogP contribution in [0.25, 0.3) is 0 Å². The zero-order valence-corrected chi connectivity index (χ0v) is 11.9. The topological polar surface area (TPSA) is 74.4 Å². The molecular weight excluding hydrogens is 268 g/mol. The van der Waals surface area contributed by atoms with Gasteiger partial charge in [-0.15, -0.1) is 0 Å². The van der Waals surface area contributed by atoms with Crippen LogP contribution in [0.3, 0.4) is 0 Å². The number of aliphatic hydroxyl groups excluding tert-OH is 1. The molecule has 6 heteroatoms. The van der Waals surface area contributed by atoms with Crippen LogP contribution in [0.1, 0.15) is 24.4 Å². The predicted octanol–water partition coefficient (Wildman–Crippen LogP) is 1.32. The van der Waals surface area contributed by atoms with E-state index in [2.05, 4.69) is 20.2 Å². The van der Waals surface area contributed by atoms with Crippen LogP contribution in [0.4, 0.5) is 5.95 Å². The van der Waals surface area contributed by atoms with E-state index in [4.69, 9.17) is 9.52 Å². The number of aliphatic hydroxyl groups is 1. The third kappa shape index (κ3) is 3.59. The number of hydrogen-bond donors (Lipinski definition) is 2. The molecule has 1 aliphatic rings. The summed E-state index contributed by atoms with van der Waals surface area (Å²) in [5, 5.41) is 12.5. The molecule has 6 nitrogen and oxygen atoms in total. The molecule has 1 fully saturated rings. The van der Waals surface area contributed by atoms with Crippen LogP contribution in [0.2, 0.25) is 0 Å². The van der Waals surface area contributed by atoms with E-state index >= 15 is 0 Å². The summed E-state index contributed by atoms with van der Waals surface area (Å²) in [6, 6.07) is 5.94. The lowest BCUT2D eigenvalue weighted by Crippen LogP contribution is -2.46. The molecule has 21 heavy (non-hydrogen) atoms. The average Bonchev–Trinajstić information content (AvgIpc) is 3.02. The molecule has 1 atom stereocenters. The van der Waals surface area contributed by atoms with Gasteiger partial charge in [0, 0.05) is 31.5 Å². The molecular formula is C15H20N4O2. The Morgan fingerprint density at radius 3 is 2.86 bits per heavy atom. The van der Waals surface area contributed by atoms with Crippen molar-refractivity contribution in [1.29, 1.82) is 0 Å². The van der Waals surface area contributed by atoms with Crippen molar-refractivity contribution in [2.24, 2.45) is 0 Å². The fraction of sp³-hybridized carbons (Fsp3) is 0.467. The van der Waals surface area contributed by atoms with Crippen LogP contribution < -0.4 is 10.2 Å². The van der Waals surface area contributed by atoms with Gasteiger partial charge >= 0.3 is 0 Å². The summed E-state index contributed by atoms with van der Waals surface area (Å²) in [6.45, 7) is 2.52. The van der Waals surface area contributed by atoms with Gasteiger partial charge in [0.2, 0.25) is 5.95 Å². The first kappa shape index (κ1) is 14.0. The third-order valence-electron chi connectivity index (χ3n) is 3.69. The minimum atomic E-state index is -0.0530.